The number of likely N-dealkylation sites (N-methyl/N-ethyl adjacent to an activating group) is 1. The molecule has 1 saturated heterocycles. The van der Waals surface area contributed by atoms with Gasteiger partial charge in [-0.15, -0.1) is 0 Å². The van der Waals surface area contributed by atoms with Crippen LogP contribution in [0.2, 0.25) is 0 Å². The van der Waals surface area contributed by atoms with E-state index in [2.05, 4.69) is 0 Å². The lowest BCUT2D eigenvalue weighted by Gasteiger charge is -2.28. The fraction of sp³-hybridized carbons (Fsp3) is 0.533. The normalized spacial score (nSPS) is 16.2. The predicted molar refractivity (Wildman–Crippen MR) is 81.4 cm³/mol. The van der Waals surface area contributed by atoms with Crippen LogP contribution in [0, 0.1) is 6.92 Å². The molecule has 0 spiro atoms. The van der Waals surface area contributed by atoms with E-state index in [0.717, 1.165) is 42.2 Å². The highest BCUT2D eigenvalue weighted by Gasteiger charge is 2.25. The molecule has 1 aliphatic heterocycles. The highest BCUT2D eigenvalue weighted by atomic mass is 32.2. The molecule has 116 valence electrons. The quantitative estimate of drug-likeness (QED) is 0.849. The summed E-state index contributed by atoms with van der Waals surface area (Å²) in [4.78, 5) is 14.1. The van der Waals surface area contributed by atoms with Crippen LogP contribution in [0.15, 0.2) is 29.2 Å². The second kappa shape index (κ2) is 6.58. The average Bonchev–Trinajstić information content (AvgIpc) is 2.48. The van der Waals surface area contributed by atoms with Gasteiger partial charge in [-0.25, -0.2) is 8.42 Å². The number of sulfonamides is 1. The predicted octanol–water partition coefficient (Wildman–Crippen LogP) is 1.63. The van der Waals surface area contributed by atoms with E-state index in [1.54, 1.807) is 29.2 Å². The minimum absolute atomic E-state index is 0.101. The third-order valence-electron chi connectivity index (χ3n) is 3.80. The van der Waals surface area contributed by atoms with Crippen LogP contribution >= 0.6 is 0 Å². The highest BCUT2D eigenvalue weighted by molar-refractivity contribution is 7.89. The van der Waals surface area contributed by atoms with Crippen molar-refractivity contribution in [1.82, 2.24) is 9.21 Å². The van der Waals surface area contributed by atoms with E-state index in [1.807, 2.05) is 6.92 Å². The Labute approximate surface area is 126 Å². The molecule has 1 aromatic rings. The first-order chi connectivity index (χ1) is 9.91. The first-order valence-corrected chi connectivity index (χ1v) is 8.66. The SMILES string of the molecule is Cc1ccc(S(=O)(=O)N(C)CC(=O)N2CCCCC2)cc1. The molecule has 5 nitrogen and oxygen atoms in total. The molecule has 0 N–H and O–H groups in total. The number of piperidine rings is 1. The Bertz CT molecular complexity index is 590. The molecule has 1 aromatic carbocycles. The molecular weight excluding hydrogens is 288 g/mol. The molecule has 1 aliphatic rings. The minimum Gasteiger partial charge on any atom is -0.342 e. The van der Waals surface area contributed by atoms with E-state index < -0.39 is 10.0 Å². The monoisotopic (exact) mass is 310 g/mol. The largest absolute Gasteiger partial charge is 0.342 e. The number of rotatable bonds is 4. The smallest absolute Gasteiger partial charge is 0.243 e. The van der Waals surface area contributed by atoms with Crippen LogP contribution in [-0.2, 0) is 14.8 Å². The van der Waals surface area contributed by atoms with Crippen molar-refractivity contribution in [2.24, 2.45) is 0 Å². The summed E-state index contributed by atoms with van der Waals surface area (Å²) in [5.41, 5.74) is 1.00. The summed E-state index contributed by atoms with van der Waals surface area (Å²) >= 11 is 0. The molecule has 0 radical (unpaired) electrons. The van der Waals surface area contributed by atoms with Gasteiger partial charge in [-0.05, 0) is 38.3 Å². The second-order valence-electron chi connectivity index (χ2n) is 5.52. The van der Waals surface area contributed by atoms with Crippen LogP contribution in [0.4, 0.5) is 0 Å². The van der Waals surface area contributed by atoms with Gasteiger partial charge in [-0.3, -0.25) is 4.79 Å². The molecule has 0 atom stereocenters. The third kappa shape index (κ3) is 3.83. The zero-order valence-electron chi connectivity index (χ0n) is 12.6. The molecule has 6 heteroatoms. The van der Waals surface area contributed by atoms with Gasteiger partial charge in [-0.2, -0.15) is 4.31 Å². The number of benzene rings is 1. The fourth-order valence-electron chi connectivity index (χ4n) is 2.41. The summed E-state index contributed by atoms with van der Waals surface area (Å²) < 4.78 is 26.0. The Morgan fingerprint density at radius 2 is 1.71 bits per heavy atom. The maximum atomic E-state index is 12.4. The van der Waals surface area contributed by atoms with Crippen LogP contribution in [0.1, 0.15) is 24.8 Å². The lowest BCUT2D eigenvalue weighted by atomic mass is 10.1. The summed E-state index contributed by atoms with van der Waals surface area (Å²) in [6.45, 7) is 3.27. The van der Waals surface area contributed by atoms with Crippen LogP contribution < -0.4 is 0 Å². The van der Waals surface area contributed by atoms with Crippen LogP contribution in [0.5, 0.6) is 0 Å². The van der Waals surface area contributed by atoms with Crippen molar-refractivity contribution < 1.29 is 13.2 Å². The molecule has 0 unspecified atom stereocenters. The van der Waals surface area contributed by atoms with E-state index in [4.69, 9.17) is 0 Å². The molecule has 1 amide bonds. The first-order valence-electron chi connectivity index (χ1n) is 7.22. The van der Waals surface area contributed by atoms with Crippen molar-refractivity contribution >= 4 is 15.9 Å². The minimum atomic E-state index is -3.60. The Morgan fingerprint density at radius 3 is 2.29 bits per heavy atom. The topological polar surface area (TPSA) is 57.7 Å². The number of amides is 1. The van der Waals surface area contributed by atoms with Gasteiger partial charge in [0.25, 0.3) is 0 Å². The van der Waals surface area contributed by atoms with E-state index >= 15 is 0 Å². The van der Waals surface area contributed by atoms with Gasteiger partial charge < -0.3 is 4.90 Å². The summed E-state index contributed by atoms with van der Waals surface area (Å²) in [6, 6.07) is 6.67. The molecule has 0 aliphatic carbocycles. The summed E-state index contributed by atoms with van der Waals surface area (Å²) in [6.07, 6.45) is 3.14. The lowest BCUT2D eigenvalue weighted by molar-refractivity contribution is -0.132. The van der Waals surface area contributed by atoms with Gasteiger partial charge in [0, 0.05) is 20.1 Å². The second-order valence-corrected chi connectivity index (χ2v) is 7.56. The van der Waals surface area contributed by atoms with Gasteiger partial charge in [-0.1, -0.05) is 17.7 Å². The number of hydrogen-bond acceptors (Lipinski definition) is 3. The van der Waals surface area contributed by atoms with Crippen molar-refractivity contribution in [2.45, 2.75) is 31.1 Å². The van der Waals surface area contributed by atoms with Crippen LogP contribution in [-0.4, -0.2) is 50.2 Å². The lowest BCUT2D eigenvalue weighted by Crippen LogP contribution is -2.43. The number of aryl methyl sites for hydroxylation is 1. The molecule has 0 aromatic heterocycles. The number of nitrogens with zero attached hydrogens (tertiary/aromatic N) is 2. The molecule has 1 fully saturated rings. The third-order valence-corrected chi connectivity index (χ3v) is 5.61. The highest BCUT2D eigenvalue weighted by Crippen LogP contribution is 2.16. The number of hydrogen-bond donors (Lipinski definition) is 0. The summed E-state index contributed by atoms with van der Waals surface area (Å²) in [5.74, 6) is -0.118. The molecular formula is C15H22N2O3S. The standard InChI is InChI=1S/C15H22N2O3S/c1-13-6-8-14(9-7-13)21(19,20)16(2)12-15(18)17-10-4-3-5-11-17/h6-9H,3-5,10-12H2,1-2H3. The van der Waals surface area contributed by atoms with E-state index in [9.17, 15) is 13.2 Å². The molecule has 0 bridgehead atoms. The van der Waals surface area contributed by atoms with Gasteiger partial charge in [0.2, 0.25) is 15.9 Å². The molecule has 2 rings (SSSR count). The zero-order valence-corrected chi connectivity index (χ0v) is 13.4. The number of carbonyl (C=O) groups excluding carboxylic acids is 1. The molecule has 21 heavy (non-hydrogen) atoms. The van der Waals surface area contributed by atoms with Crippen LogP contribution in [0.3, 0.4) is 0 Å². The summed E-state index contributed by atoms with van der Waals surface area (Å²) in [7, 11) is -2.15. The maximum Gasteiger partial charge on any atom is 0.243 e. The van der Waals surface area contributed by atoms with Crippen molar-refractivity contribution in [2.75, 3.05) is 26.7 Å². The zero-order chi connectivity index (χ0) is 15.5. The van der Waals surface area contributed by atoms with E-state index in [-0.39, 0.29) is 17.3 Å². The van der Waals surface area contributed by atoms with Crippen molar-refractivity contribution in [3.05, 3.63) is 29.8 Å². The Morgan fingerprint density at radius 1 is 1.14 bits per heavy atom. The fourth-order valence-corrected chi connectivity index (χ4v) is 3.53. The van der Waals surface area contributed by atoms with E-state index in [0.29, 0.717) is 0 Å². The number of carbonyl (C=O) groups is 1. The maximum absolute atomic E-state index is 12.4. The van der Waals surface area contributed by atoms with Gasteiger partial charge in [0.15, 0.2) is 0 Å². The van der Waals surface area contributed by atoms with E-state index in [1.165, 1.54) is 7.05 Å². The van der Waals surface area contributed by atoms with Crippen molar-refractivity contribution in [3.8, 4) is 0 Å². The molecule has 0 saturated carbocycles. The molecule has 1 heterocycles. The van der Waals surface area contributed by atoms with Crippen molar-refractivity contribution in [3.63, 3.8) is 0 Å². The number of likely N-dealkylation sites (tertiary alicyclic amines) is 1. The van der Waals surface area contributed by atoms with Crippen molar-refractivity contribution in [1.29, 1.82) is 0 Å². The van der Waals surface area contributed by atoms with Crippen LogP contribution in [0.25, 0.3) is 0 Å². The Balaban J connectivity index is 2.06. The summed E-state index contributed by atoms with van der Waals surface area (Å²) in [5, 5.41) is 0. The average molecular weight is 310 g/mol. The first kappa shape index (κ1) is 16.0. The van der Waals surface area contributed by atoms with Gasteiger partial charge in [0.1, 0.15) is 0 Å². The Hall–Kier alpha value is -1.40. The van der Waals surface area contributed by atoms with Gasteiger partial charge >= 0.3 is 0 Å². The Kier molecular flexibility index (Phi) is 5.00. The van der Waals surface area contributed by atoms with Gasteiger partial charge in [0.05, 0.1) is 11.4 Å².